The van der Waals surface area contributed by atoms with Crippen molar-refractivity contribution < 1.29 is 17.9 Å². The summed E-state index contributed by atoms with van der Waals surface area (Å²) in [5, 5.41) is 11.6. The molecule has 9 heteroatoms. The van der Waals surface area contributed by atoms with Gasteiger partial charge in [-0.25, -0.2) is 0 Å². The number of halogens is 3. The summed E-state index contributed by atoms with van der Waals surface area (Å²) in [5.74, 6) is 0.617. The predicted molar refractivity (Wildman–Crippen MR) is 84.3 cm³/mol. The summed E-state index contributed by atoms with van der Waals surface area (Å²) in [4.78, 5) is 2.28. The predicted octanol–water partition coefficient (Wildman–Crippen LogP) is 2.33. The van der Waals surface area contributed by atoms with Crippen molar-refractivity contribution in [3.05, 3.63) is 35.7 Å². The highest BCUT2D eigenvalue weighted by Gasteiger charge is 2.30. The van der Waals surface area contributed by atoms with E-state index in [-0.39, 0.29) is 12.2 Å². The fourth-order valence-corrected chi connectivity index (χ4v) is 3.08. The van der Waals surface area contributed by atoms with Gasteiger partial charge < -0.3 is 4.74 Å². The molecule has 0 spiro atoms. The number of nitrogens with zero attached hydrogens (tertiary/aromatic N) is 5. The molecule has 3 rings (SSSR count). The highest BCUT2D eigenvalue weighted by molar-refractivity contribution is 5.35. The largest absolute Gasteiger partial charge is 0.416 e. The first-order valence-corrected chi connectivity index (χ1v) is 8.15. The van der Waals surface area contributed by atoms with Crippen LogP contribution in [0.2, 0.25) is 0 Å². The zero-order valence-electron chi connectivity index (χ0n) is 14.1. The van der Waals surface area contributed by atoms with Gasteiger partial charge in [-0.2, -0.15) is 17.9 Å². The Morgan fingerprint density at radius 2 is 1.76 bits per heavy atom. The fourth-order valence-electron chi connectivity index (χ4n) is 3.08. The lowest BCUT2D eigenvalue weighted by Crippen LogP contribution is -2.46. The second-order valence-corrected chi connectivity index (χ2v) is 6.32. The third-order valence-electron chi connectivity index (χ3n) is 4.12. The number of aromatic nitrogens is 4. The fraction of sp³-hybridized carbons (Fsp3) is 0.562. The molecule has 0 N–H and O–H groups in total. The van der Waals surface area contributed by atoms with Gasteiger partial charge in [0.05, 0.1) is 23.5 Å². The van der Waals surface area contributed by atoms with E-state index in [9.17, 15) is 13.2 Å². The van der Waals surface area contributed by atoms with Crippen LogP contribution in [0.25, 0.3) is 5.69 Å². The Labute approximate surface area is 143 Å². The topological polar surface area (TPSA) is 56.1 Å². The lowest BCUT2D eigenvalue weighted by atomic mass is 10.2. The molecule has 0 aliphatic carbocycles. The minimum atomic E-state index is -4.36. The van der Waals surface area contributed by atoms with Crippen molar-refractivity contribution in [2.24, 2.45) is 0 Å². The molecule has 1 aliphatic heterocycles. The molecule has 0 saturated carbocycles. The summed E-state index contributed by atoms with van der Waals surface area (Å²) in [6.07, 6.45) is -3.40. The maximum atomic E-state index is 12.7. The third-order valence-corrected chi connectivity index (χ3v) is 4.12. The van der Waals surface area contributed by atoms with Crippen LogP contribution in [0.5, 0.6) is 0 Å². The first-order chi connectivity index (χ1) is 11.8. The van der Waals surface area contributed by atoms with Crippen molar-refractivity contribution >= 4 is 0 Å². The number of tetrazole rings is 1. The van der Waals surface area contributed by atoms with Crippen LogP contribution in [-0.2, 0) is 17.3 Å². The molecule has 0 bridgehead atoms. The zero-order valence-corrected chi connectivity index (χ0v) is 14.1. The maximum absolute atomic E-state index is 12.7. The van der Waals surface area contributed by atoms with Crippen molar-refractivity contribution in [3.63, 3.8) is 0 Å². The molecular weight excluding hydrogens is 335 g/mol. The van der Waals surface area contributed by atoms with Crippen LogP contribution in [0.15, 0.2) is 24.3 Å². The second kappa shape index (κ2) is 7.09. The molecule has 1 aliphatic rings. The molecule has 2 atom stereocenters. The molecule has 2 aromatic rings. The first-order valence-electron chi connectivity index (χ1n) is 8.15. The van der Waals surface area contributed by atoms with Crippen LogP contribution in [0, 0.1) is 0 Å². The van der Waals surface area contributed by atoms with E-state index in [0.29, 0.717) is 17.9 Å². The molecule has 6 nitrogen and oxygen atoms in total. The Kier molecular flexibility index (Phi) is 5.05. The second-order valence-electron chi connectivity index (χ2n) is 6.32. The van der Waals surface area contributed by atoms with Gasteiger partial charge in [0.15, 0.2) is 5.82 Å². The van der Waals surface area contributed by atoms with E-state index in [4.69, 9.17) is 4.74 Å². The molecular formula is C16H20F3N5O. The number of hydrogen-bond donors (Lipinski definition) is 0. The molecule has 1 saturated heterocycles. The summed E-state index contributed by atoms with van der Waals surface area (Å²) in [6, 6.07) is 4.82. The average Bonchev–Trinajstić information content (AvgIpc) is 3.00. The molecule has 136 valence electrons. The van der Waals surface area contributed by atoms with Gasteiger partial charge in [0.2, 0.25) is 0 Å². The van der Waals surface area contributed by atoms with Crippen LogP contribution < -0.4 is 0 Å². The molecule has 1 fully saturated rings. The Bertz CT molecular complexity index is 691. The van der Waals surface area contributed by atoms with Gasteiger partial charge in [-0.1, -0.05) is 0 Å². The zero-order chi connectivity index (χ0) is 18.0. The van der Waals surface area contributed by atoms with Crippen LogP contribution >= 0.6 is 0 Å². The monoisotopic (exact) mass is 355 g/mol. The molecule has 2 unspecified atom stereocenters. The smallest absolute Gasteiger partial charge is 0.373 e. The summed E-state index contributed by atoms with van der Waals surface area (Å²) in [7, 11) is 0. The number of rotatable bonds is 4. The van der Waals surface area contributed by atoms with Crippen molar-refractivity contribution in [3.8, 4) is 5.69 Å². The minimum absolute atomic E-state index is 0.176. The normalized spacial score (nSPS) is 22.3. The first kappa shape index (κ1) is 17.8. The van der Waals surface area contributed by atoms with Gasteiger partial charge in [0.1, 0.15) is 0 Å². The van der Waals surface area contributed by atoms with Gasteiger partial charge in [-0.3, -0.25) is 4.90 Å². The summed E-state index contributed by atoms with van der Waals surface area (Å²) < 4.78 is 45.2. The van der Waals surface area contributed by atoms with Crippen LogP contribution in [0.1, 0.15) is 25.2 Å². The van der Waals surface area contributed by atoms with E-state index in [0.717, 1.165) is 31.8 Å². The van der Waals surface area contributed by atoms with Crippen LogP contribution in [-0.4, -0.2) is 56.9 Å². The summed E-state index contributed by atoms with van der Waals surface area (Å²) >= 11 is 0. The van der Waals surface area contributed by atoms with Crippen LogP contribution in [0.3, 0.4) is 0 Å². The van der Waals surface area contributed by atoms with E-state index in [1.54, 1.807) is 0 Å². The van der Waals surface area contributed by atoms with Crippen molar-refractivity contribution in [2.75, 3.05) is 19.6 Å². The Morgan fingerprint density at radius 1 is 1.12 bits per heavy atom. The van der Waals surface area contributed by atoms with E-state index in [2.05, 4.69) is 20.4 Å². The van der Waals surface area contributed by atoms with Gasteiger partial charge >= 0.3 is 6.18 Å². The lowest BCUT2D eigenvalue weighted by Gasteiger charge is -2.35. The third kappa shape index (κ3) is 4.35. The van der Waals surface area contributed by atoms with Crippen LogP contribution in [0.4, 0.5) is 13.2 Å². The highest BCUT2D eigenvalue weighted by Crippen LogP contribution is 2.29. The van der Waals surface area contributed by atoms with E-state index >= 15 is 0 Å². The molecule has 1 aromatic heterocycles. The average molecular weight is 355 g/mol. The quantitative estimate of drug-likeness (QED) is 0.843. The lowest BCUT2D eigenvalue weighted by molar-refractivity contribution is -0.137. The molecule has 2 heterocycles. The highest BCUT2D eigenvalue weighted by atomic mass is 19.4. The summed E-state index contributed by atoms with van der Waals surface area (Å²) in [5.41, 5.74) is -0.182. The van der Waals surface area contributed by atoms with Crippen molar-refractivity contribution in [1.82, 2.24) is 25.1 Å². The van der Waals surface area contributed by atoms with Gasteiger partial charge in [0.25, 0.3) is 0 Å². The van der Waals surface area contributed by atoms with E-state index in [1.807, 2.05) is 13.8 Å². The Hall–Kier alpha value is -2.00. The molecule has 25 heavy (non-hydrogen) atoms. The molecule has 1 aromatic carbocycles. The standard InChI is InChI=1S/C16H20F3N5O/c1-11-9-23(10-12(2)25-11)8-7-15-20-21-22-24(15)14-5-3-13(4-6-14)16(17,18)19/h3-6,11-12H,7-10H2,1-2H3. The summed E-state index contributed by atoms with van der Waals surface area (Å²) in [6.45, 7) is 6.52. The van der Waals surface area contributed by atoms with Gasteiger partial charge in [-0.15, -0.1) is 5.10 Å². The minimum Gasteiger partial charge on any atom is -0.373 e. The van der Waals surface area contributed by atoms with Crippen molar-refractivity contribution in [2.45, 2.75) is 38.7 Å². The number of morpholine rings is 1. The Balaban J connectivity index is 1.68. The molecule has 0 radical (unpaired) electrons. The van der Waals surface area contributed by atoms with E-state index < -0.39 is 11.7 Å². The number of hydrogen-bond acceptors (Lipinski definition) is 5. The number of benzene rings is 1. The van der Waals surface area contributed by atoms with Crippen molar-refractivity contribution in [1.29, 1.82) is 0 Å². The number of ether oxygens (including phenoxy) is 1. The van der Waals surface area contributed by atoms with E-state index in [1.165, 1.54) is 16.8 Å². The van der Waals surface area contributed by atoms with Gasteiger partial charge in [0, 0.05) is 26.1 Å². The SMILES string of the molecule is CC1CN(CCc2nnnn2-c2ccc(C(F)(F)F)cc2)CC(C)O1. The van der Waals surface area contributed by atoms with Gasteiger partial charge in [-0.05, 0) is 48.5 Å². The number of alkyl halides is 3. The Morgan fingerprint density at radius 3 is 2.36 bits per heavy atom. The maximum Gasteiger partial charge on any atom is 0.416 e. The molecule has 0 amide bonds.